The predicted molar refractivity (Wildman–Crippen MR) is 165 cm³/mol. The van der Waals surface area contributed by atoms with Gasteiger partial charge >= 0.3 is 0 Å². The van der Waals surface area contributed by atoms with Crippen LogP contribution in [0.15, 0.2) is 53.3 Å². The Bertz CT molecular complexity index is 1610. The van der Waals surface area contributed by atoms with Crippen molar-refractivity contribution in [3.63, 3.8) is 0 Å². The molecule has 0 aliphatic heterocycles. The molecule has 1 amide bonds. The number of rotatable bonds is 5. The highest BCUT2D eigenvalue weighted by Crippen LogP contribution is 2.55. The van der Waals surface area contributed by atoms with Crippen LogP contribution >= 0.6 is 0 Å². The zero-order valence-electron chi connectivity index (χ0n) is 25.5. The van der Waals surface area contributed by atoms with Crippen molar-refractivity contribution in [2.45, 2.75) is 71.3 Å². The fourth-order valence-corrected chi connectivity index (χ4v) is 8.44. The number of aromatic hydroxyl groups is 1. The molecule has 0 bridgehead atoms. The van der Waals surface area contributed by atoms with Crippen molar-refractivity contribution < 1.29 is 34.8 Å². The molecule has 4 atom stereocenters. The molecule has 6 N–H and O–H groups in total. The van der Waals surface area contributed by atoms with Crippen LogP contribution in [0.4, 0.5) is 0 Å². The molecule has 4 aliphatic carbocycles. The molecule has 2 fully saturated rings. The second-order valence-corrected chi connectivity index (χ2v) is 13.8. The van der Waals surface area contributed by atoms with Gasteiger partial charge in [-0.15, -0.1) is 0 Å². The van der Waals surface area contributed by atoms with Crippen LogP contribution in [0.1, 0.15) is 69.6 Å². The number of Topliss-reactive ketones (excluding diaryl/α,β-unsaturated/α-hetero) is 2. The summed E-state index contributed by atoms with van der Waals surface area (Å²) >= 11 is 0. The SMILES string of the molecule is CC1CCC(Cc2ccc(-c3ccc(O)c4c3C[C@H]3C[C@H]5[C@H](C(C)C)C(=O)C(C(N)=O)=C(O)[C@@]5(O)C(=O)C3=C4O)cc2)CC1. The molecule has 4 aliphatic rings. The first-order chi connectivity index (χ1) is 20.8. The minimum Gasteiger partial charge on any atom is -0.508 e. The van der Waals surface area contributed by atoms with E-state index in [2.05, 4.69) is 31.2 Å². The number of amides is 1. The second kappa shape index (κ2) is 10.9. The first kappa shape index (κ1) is 30.1. The van der Waals surface area contributed by atoms with Crippen molar-refractivity contribution in [3.8, 4) is 16.9 Å². The van der Waals surface area contributed by atoms with Gasteiger partial charge in [0, 0.05) is 17.4 Å². The summed E-state index contributed by atoms with van der Waals surface area (Å²) in [6.07, 6.45) is 6.45. The van der Waals surface area contributed by atoms with E-state index in [1.165, 1.54) is 37.3 Å². The highest BCUT2D eigenvalue weighted by atomic mass is 16.3. The maximum Gasteiger partial charge on any atom is 0.255 e. The van der Waals surface area contributed by atoms with Gasteiger partial charge in [-0.25, -0.2) is 0 Å². The molecular formula is C36H41NO7. The van der Waals surface area contributed by atoms with Gasteiger partial charge in [0.15, 0.2) is 11.4 Å². The maximum absolute atomic E-state index is 14.1. The quantitative estimate of drug-likeness (QED) is 0.290. The molecule has 0 heterocycles. The molecule has 0 aromatic heterocycles. The smallest absolute Gasteiger partial charge is 0.255 e. The number of carbonyl (C=O) groups excluding carboxylic acids is 3. The summed E-state index contributed by atoms with van der Waals surface area (Å²) < 4.78 is 0. The van der Waals surface area contributed by atoms with Crippen molar-refractivity contribution >= 4 is 23.2 Å². The lowest BCUT2D eigenvalue weighted by atomic mass is 9.54. The zero-order chi connectivity index (χ0) is 31.7. The zero-order valence-corrected chi connectivity index (χ0v) is 25.5. The van der Waals surface area contributed by atoms with Crippen molar-refractivity contribution in [2.24, 2.45) is 41.2 Å². The summed E-state index contributed by atoms with van der Waals surface area (Å²) in [6, 6.07) is 11.7. The summed E-state index contributed by atoms with van der Waals surface area (Å²) in [4.78, 5) is 39.6. The molecule has 232 valence electrons. The predicted octanol–water partition coefficient (Wildman–Crippen LogP) is 5.34. The molecule has 2 aromatic carbocycles. The number of carbonyl (C=O) groups is 3. The lowest BCUT2D eigenvalue weighted by Crippen LogP contribution is -2.62. The van der Waals surface area contributed by atoms with Crippen LogP contribution in [0, 0.1) is 35.5 Å². The van der Waals surface area contributed by atoms with Crippen LogP contribution in [0.2, 0.25) is 0 Å². The Morgan fingerprint density at radius 2 is 1.66 bits per heavy atom. The topological polar surface area (TPSA) is 158 Å². The van der Waals surface area contributed by atoms with Crippen molar-refractivity contribution in [2.75, 3.05) is 0 Å². The number of fused-ring (bicyclic) bond motifs is 3. The second-order valence-electron chi connectivity index (χ2n) is 13.8. The molecule has 6 rings (SSSR count). The number of phenolic OH excluding ortho intramolecular Hbond substituents is 1. The van der Waals surface area contributed by atoms with Crippen LogP contribution in [-0.2, 0) is 27.2 Å². The number of ketones is 2. The summed E-state index contributed by atoms with van der Waals surface area (Å²) in [5.74, 6) is -6.10. The van der Waals surface area contributed by atoms with Gasteiger partial charge in [0.25, 0.3) is 5.91 Å². The van der Waals surface area contributed by atoms with Gasteiger partial charge in [-0.3, -0.25) is 14.4 Å². The van der Waals surface area contributed by atoms with Crippen LogP contribution in [0.3, 0.4) is 0 Å². The number of aliphatic hydroxyl groups is 3. The van der Waals surface area contributed by atoms with Crippen molar-refractivity contribution in [3.05, 3.63) is 70.0 Å². The van der Waals surface area contributed by atoms with Crippen molar-refractivity contribution in [1.29, 1.82) is 0 Å². The summed E-state index contributed by atoms with van der Waals surface area (Å²) in [7, 11) is 0. The molecule has 2 saturated carbocycles. The van der Waals surface area contributed by atoms with E-state index in [0.717, 1.165) is 23.5 Å². The van der Waals surface area contributed by atoms with Gasteiger partial charge in [0.2, 0.25) is 5.78 Å². The highest BCUT2D eigenvalue weighted by molar-refractivity contribution is 6.23. The van der Waals surface area contributed by atoms with Gasteiger partial charge in [-0.05, 0) is 84.1 Å². The molecule has 0 unspecified atom stereocenters. The third-order valence-corrected chi connectivity index (χ3v) is 10.8. The van der Waals surface area contributed by atoms with E-state index in [4.69, 9.17) is 5.73 Å². The van der Waals surface area contributed by atoms with Gasteiger partial charge in [0.1, 0.15) is 22.8 Å². The molecule has 8 nitrogen and oxygen atoms in total. The third-order valence-electron chi connectivity index (χ3n) is 10.8. The minimum absolute atomic E-state index is 0.0970. The number of aliphatic hydroxyl groups excluding tert-OH is 2. The normalized spacial score (nSPS) is 30.2. The van der Waals surface area contributed by atoms with E-state index >= 15 is 0 Å². The number of hydrogen-bond acceptors (Lipinski definition) is 7. The molecule has 44 heavy (non-hydrogen) atoms. The Kier molecular flexibility index (Phi) is 7.47. The van der Waals surface area contributed by atoms with E-state index in [1.54, 1.807) is 19.9 Å². The lowest BCUT2D eigenvalue weighted by Gasteiger charge is -2.50. The fraction of sp³-hybridized carbons (Fsp3) is 0.472. The standard InChI is InChI=1S/C36H41NO7/c1-17(2)27-25-16-22-15-24-23(21-10-8-20(9-11-21)14-19-6-4-18(3)5-7-19)12-13-26(38)29(24)32(40)28(22)33(41)36(25,44)34(42)30(31(27)39)35(37)43/h8-13,17-19,22,25,27,38,40,42,44H,4-7,14-16H2,1-3H3,(H2,37,43)/t18?,19?,22-,25-,27-,36-/m0/s1. The maximum atomic E-state index is 14.1. The summed E-state index contributed by atoms with van der Waals surface area (Å²) in [5.41, 5.74) is 5.67. The van der Waals surface area contributed by atoms with Crippen molar-refractivity contribution in [1.82, 2.24) is 0 Å². The van der Waals surface area contributed by atoms with Crippen LogP contribution < -0.4 is 5.73 Å². The van der Waals surface area contributed by atoms with E-state index in [1.807, 2.05) is 0 Å². The lowest BCUT2D eigenvalue weighted by molar-refractivity contribution is -0.155. The Balaban J connectivity index is 1.40. The Labute approximate surface area is 257 Å². The minimum atomic E-state index is -2.61. The first-order valence-electron chi connectivity index (χ1n) is 15.8. The number of primary amides is 1. The number of nitrogens with two attached hydrogens (primary N) is 1. The van der Waals surface area contributed by atoms with Gasteiger partial charge in [0.05, 0.1) is 5.56 Å². The Morgan fingerprint density at radius 1 is 1.00 bits per heavy atom. The number of hydrogen-bond donors (Lipinski definition) is 5. The highest BCUT2D eigenvalue weighted by Gasteiger charge is 2.64. The molecule has 8 heteroatoms. The average molecular weight is 600 g/mol. The Morgan fingerprint density at radius 3 is 2.27 bits per heavy atom. The Hall–Kier alpha value is -3.91. The van der Waals surface area contributed by atoms with Gasteiger partial charge in [-0.2, -0.15) is 0 Å². The first-order valence-corrected chi connectivity index (χ1v) is 15.8. The van der Waals surface area contributed by atoms with Gasteiger partial charge < -0.3 is 26.2 Å². The molecule has 2 aromatic rings. The number of benzene rings is 2. The largest absolute Gasteiger partial charge is 0.508 e. The van der Waals surface area contributed by atoms with Gasteiger partial charge in [-0.1, -0.05) is 63.9 Å². The average Bonchev–Trinajstić information content (AvgIpc) is 2.96. The fourth-order valence-electron chi connectivity index (χ4n) is 8.44. The van der Waals surface area contributed by atoms with E-state index < -0.39 is 57.9 Å². The molecular weight excluding hydrogens is 558 g/mol. The molecule has 0 spiro atoms. The monoisotopic (exact) mass is 599 g/mol. The summed E-state index contributed by atoms with van der Waals surface area (Å²) in [5, 5.41) is 45.3. The molecule has 0 saturated heterocycles. The van der Waals surface area contributed by atoms with E-state index in [0.29, 0.717) is 11.5 Å². The van der Waals surface area contributed by atoms with Crippen LogP contribution in [0.5, 0.6) is 5.75 Å². The van der Waals surface area contributed by atoms with Crippen LogP contribution in [0.25, 0.3) is 16.9 Å². The number of phenols is 1. The van der Waals surface area contributed by atoms with Crippen LogP contribution in [-0.4, -0.2) is 43.5 Å². The summed E-state index contributed by atoms with van der Waals surface area (Å²) in [6.45, 7) is 5.82. The van der Waals surface area contributed by atoms with E-state index in [-0.39, 0.29) is 35.6 Å². The van der Waals surface area contributed by atoms with E-state index in [9.17, 15) is 34.8 Å². The molecule has 0 radical (unpaired) electrons. The third kappa shape index (κ3) is 4.57.